The lowest BCUT2D eigenvalue weighted by Crippen LogP contribution is -2.19. The molecule has 0 saturated carbocycles. The number of ether oxygens (including phenoxy) is 3. The minimum Gasteiger partial charge on any atom is -0.494 e. The van der Waals surface area contributed by atoms with Crippen LogP contribution in [-0.2, 0) is 11.4 Å². The number of carbonyl (C=O) groups is 1. The van der Waals surface area contributed by atoms with E-state index in [2.05, 4.69) is 32.9 Å². The van der Waals surface area contributed by atoms with Crippen molar-refractivity contribution in [2.75, 3.05) is 13.2 Å². The summed E-state index contributed by atoms with van der Waals surface area (Å²) >= 11 is 15.8. The number of halogens is 3. The van der Waals surface area contributed by atoms with Gasteiger partial charge in [-0.1, -0.05) is 29.3 Å². The van der Waals surface area contributed by atoms with Crippen LogP contribution in [0.4, 0.5) is 5.69 Å². The van der Waals surface area contributed by atoms with Crippen molar-refractivity contribution >= 4 is 80.4 Å². The van der Waals surface area contributed by atoms with Crippen molar-refractivity contribution in [1.29, 1.82) is 0 Å². The van der Waals surface area contributed by atoms with Gasteiger partial charge in [0.15, 0.2) is 16.7 Å². The molecule has 0 bridgehead atoms. The first-order valence-corrected chi connectivity index (χ1v) is 14.1. The van der Waals surface area contributed by atoms with Crippen LogP contribution < -0.4 is 19.5 Å². The predicted octanol–water partition coefficient (Wildman–Crippen LogP) is 7.87. The number of carbonyl (C=O) groups excluding carboxylic acids is 1. The summed E-state index contributed by atoms with van der Waals surface area (Å²) in [4.78, 5) is 17.7. The summed E-state index contributed by atoms with van der Waals surface area (Å²) in [6.07, 6.45) is 1.81. The molecular formula is C27H23Cl2IN2O4S. The van der Waals surface area contributed by atoms with Crippen LogP contribution >= 0.6 is 57.6 Å². The van der Waals surface area contributed by atoms with E-state index in [1.807, 2.05) is 62.4 Å². The normalized spacial score (nSPS) is 15.2. The Morgan fingerprint density at radius 2 is 1.76 bits per heavy atom. The van der Waals surface area contributed by atoms with Crippen LogP contribution in [0.1, 0.15) is 25.0 Å². The molecule has 0 atom stereocenters. The highest BCUT2D eigenvalue weighted by atomic mass is 127. The first-order valence-electron chi connectivity index (χ1n) is 11.4. The molecule has 192 valence electrons. The van der Waals surface area contributed by atoms with Crippen LogP contribution in [0.3, 0.4) is 0 Å². The molecule has 1 saturated heterocycles. The average molecular weight is 669 g/mol. The molecule has 1 fully saturated rings. The van der Waals surface area contributed by atoms with Crippen molar-refractivity contribution < 1.29 is 19.0 Å². The van der Waals surface area contributed by atoms with Crippen LogP contribution in [0.2, 0.25) is 10.0 Å². The van der Waals surface area contributed by atoms with Gasteiger partial charge in [0.25, 0.3) is 5.91 Å². The van der Waals surface area contributed by atoms with Crippen molar-refractivity contribution in [2.24, 2.45) is 4.99 Å². The molecule has 10 heteroatoms. The number of thioether (sulfide) groups is 1. The molecule has 0 aliphatic carbocycles. The molecule has 6 nitrogen and oxygen atoms in total. The quantitative estimate of drug-likeness (QED) is 0.186. The molecule has 0 spiro atoms. The Labute approximate surface area is 243 Å². The maximum absolute atomic E-state index is 12.6. The third kappa shape index (κ3) is 7.34. The van der Waals surface area contributed by atoms with Crippen LogP contribution in [0.5, 0.6) is 17.2 Å². The number of hydrogen-bond acceptors (Lipinski definition) is 6. The maximum atomic E-state index is 12.6. The van der Waals surface area contributed by atoms with E-state index in [0.717, 1.165) is 26.1 Å². The SMILES string of the molecule is CCOc1ccc(N=C2NC(=O)/C(=C\c3cc(I)c(OCc4ccc(Cl)cc4Cl)c(OCC)c3)S2)cc1. The fraction of sp³-hybridized carbons (Fsp3) is 0.185. The van der Waals surface area contributed by atoms with E-state index in [0.29, 0.717) is 44.8 Å². The van der Waals surface area contributed by atoms with E-state index in [9.17, 15) is 4.79 Å². The smallest absolute Gasteiger partial charge is 0.264 e. The Balaban J connectivity index is 1.53. The molecule has 0 radical (unpaired) electrons. The van der Waals surface area contributed by atoms with Crippen molar-refractivity contribution in [3.8, 4) is 17.2 Å². The summed E-state index contributed by atoms with van der Waals surface area (Å²) < 4.78 is 18.2. The van der Waals surface area contributed by atoms with Gasteiger partial charge in [0.1, 0.15) is 12.4 Å². The number of rotatable bonds is 9. The maximum Gasteiger partial charge on any atom is 0.264 e. The van der Waals surface area contributed by atoms with E-state index in [1.165, 1.54) is 11.8 Å². The third-order valence-electron chi connectivity index (χ3n) is 5.05. The van der Waals surface area contributed by atoms with Gasteiger partial charge >= 0.3 is 0 Å². The summed E-state index contributed by atoms with van der Waals surface area (Å²) in [5, 5.41) is 4.44. The number of nitrogens with one attached hydrogen (secondary N) is 1. The fourth-order valence-corrected chi connectivity index (χ4v) is 5.48. The van der Waals surface area contributed by atoms with Gasteiger partial charge in [0, 0.05) is 15.6 Å². The molecule has 1 amide bonds. The molecule has 1 aliphatic heterocycles. The standard InChI is InChI=1S/C27H23Cl2IN2O4S/c1-3-34-20-9-7-19(8-10-20)31-27-32-26(33)24(37-27)13-16-11-22(30)25(23(12-16)35-4-2)36-15-17-5-6-18(28)14-21(17)29/h5-14H,3-4,15H2,1-2H3,(H,31,32,33)/b24-13+. The minimum atomic E-state index is -0.208. The molecule has 1 heterocycles. The first-order chi connectivity index (χ1) is 17.9. The zero-order valence-electron chi connectivity index (χ0n) is 20.0. The van der Waals surface area contributed by atoms with E-state index in [-0.39, 0.29) is 12.5 Å². The fourth-order valence-electron chi connectivity index (χ4n) is 3.40. The van der Waals surface area contributed by atoms with Crippen molar-refractivity contribution in [1.82, 2.24) is 5.32 Å². The number of nitrogens with zero attached hydrogens (tertiary/aromatic N) is 1. The third-order valence-corrected chi connectivity index (χ3v) is 7.34. The Morgan fingerprint density at radius 1 is 1.00 bits per heavy atom. The Bertz CT molecular complexity index is 1360. The van der Waals surface area contributed by atoms with Crippen molar-refractivity contribution in [3.63, 3.8) is 0 Å². The molecule has 1 N–H and O–H groups in total. The van der Waals surface area contributed by atoms with E-state index in [1.54, 1.807) is 12.1 Å². The second kappa shape index (κ2) is 12.9. The van der Waals surface area contributed by atoms with E-state index in [4.69, 9.17) is 37.4 Å². The minimum absolute atomic E-state index is 0.208. The molecule has 1 aliphatic rings. The van der Waals surface area contributed by atoms with Crippen LogP contribution in [0.25, 0.3) is 6.08 Å². The van der Waals surface area contributed by atoms with Crippen LogP contribution in [-0.4, -0.2) is 24.3 Å². The van der Waals surface area contributed by atoms with Gasteiger partial charge in [-0.25, -0.2) is 4.99 Å². The Morgan fingerprint density at radius 3 is 2.46 bits per heavy atom. The zero-order chi connectivity index (χ0) is 26.4. The number of amidine groups is 1. The van der Waals surface area contributed by atoms with E-state index >= 15 is 0 Å². The molecule has 0 unspecified atom stereocenters. The van der Waals surface area contributed by atoms with Gasteiger partial charge in [-0.2, -0.15) is 0 Å². The topological polar surface area (TPSA) is 69.2 Å². The molecule has 0 aromatic heterocycles. The van der Waals surface area contributed by atoms with Gasteiger partial charge < -0.3 is 19.5 Å². The zero-order valence-corrected chi connectivity index (χ0v) is 24.5. The lowest BCUT2D eigenvalue weighted by atomic mass is 10.1. The van der Waals surface area contributed by atoms with Crippen LogP contribution in [0, 0.1) is 3.57 Å². The lowest BCUT2D eigenvalue weighted by Gasteiger charge is -2.15. The molecule has 37 heavy (non-hydrogen) atoms. The summed E-state index contributed by atoms with van der Waals surface area (Å²) in [5.74, 6) is 1.76. The molecular weight excluding hydrogens is 646 g/mol. The van der Waals surface area contributed by atoms with Gasteiger partial charge in [-0.15, -0.1) is 0 Å². The first kappa shape index (κ1) is 27.6. The van der Waals surface area contributed by atoms with Crippen LogP contribution in [0.15, 0.2) is 64.5 Å². The summed E-state index contributed by atoms with van der Waals surface area (Å²) in [6, 6.07) is 16.5. The van der Waals surface area contributed by atoms with Gasteiger partial charge in [-0.05, 0) is 108 Å². The number of aliphatic imine (C=N–C) groups is 1. The number of hydrogen-bond donors (Lipinski definition) is 1. The molecule has 3 aromatic carbocycles. The summed E-state index contributed by atoms with van der Waals surface area (Å²) in [6.45, 7) is 5.16. The second-order valence-electron chi connectivity index (χ2n) is 7.70. The predicted molar refractivity (Wildman–Crippen MR) is 160 cm³/mol. The summed E-state index contributed by atoms with van der Waals surface area (Å²) in [5.41, 5.74) is 2.35. The molecule has 3 aromatic rings. The highest BCUT2D eigenvalue weighted by Gasteiger charge is 2.24. The monoisotopic (exact) mass is 668 g/mol. The highest BCUT2D eigenvalue weighted by Crippen LogP contribution is 2.37. The second-order valence-corrected chi connectivity index (χ2v) is 10.7. The molecule has 4 rings (SSSR count). The number of amides is 1. The van der Waals surface area contributed by atoms with Crippen molar-refractivity contribution in [3.05, 3.63) is 84.2 Å². The van der Waals surface area contributed by atoms with Gasteiger partial charge in [-0.3, -0.25) is 4.79 Å². The Hall–Kier alpha value is -2.40. The van der Waals surface area contributed by atoms with Gasteiger partial charge in [0.05, 0.1) is 27.4 Å². The summed E-state index contributed by atoms with van der Waals surface area (Å²) in [7, 11) is 0. The van der Waals surface area contributed by atoms with E-state index < -0.39 is 0 Å². The highest BCUT2D eigenvalue weighted by molar-refractivity contribution is 14.1. The Kier molecular flexibility index (Phi) is 9.64. The van der Waals surface area contributed by atoms with Gasteiger partial charge in [0.2, 0.25) is 0 Å². The van der Waals surface area contributed by atoms with Crippen molar-refractivity contribution in [2.45, 2.75) is 20.5 Å². The largest absolute Gasteiger partial charge is 0.494 e. The lowest BCUT2D eigenvalue weighted by molar-refractivity contribution is -0.115. The average Bonchev–Trinajstić information content (AvgIpc) is 3.19. The number of benzene rings is 3.